The second-order valence-electron chi connectivity index (χ2n) is 4.65. The summed E-state index contributed by atoms with van der Waals surface area (Å²) in [5.41, 5.74) is 3.62. The van der Waals surface area contributed by atoms with E-state index in [0.29, 0.717) is 12.6 Å². The molecule has 0 bridgehead atoms. The normalized spacial score (nSPS) is 20.3. The lowest BCUT2D eigenvalue weighted by atomic mass is 9.98. The minimum absolute atomic E-state index is 0.261. The maximum atomic E-state index is 9.39. The second-order valence-corrected chi connectivity index (χ2v) is 4.95. The largest absolute Gasteiger partial charge is 0.390 e. The monoisotopic (exact) mass is 254 g/mol. The van der Waals surface area contributed by atoms with Crippen LogP contribution in [0.3, 0.4) is 0 Å². The summed E-state index contributed by atoms with van der Waals surface area (Å²) in [4.78, 5) is 0. The molecule has 2 unspecified atom stereocenters. The summed E-state index contributed by atoms with van der Waals surface area (Å²) in [6.07, 6.45) is 1.78. The van der Waals surface area contributed by atoms with Gasteiger partial charge in [0.15, 0.2) is 0 Å². The van der Waals surface area contributed by atoms with Gasteiger partial charge in [-0.05, 0) is 43.5 Å². The van der Waals surface area contributed by atoms with Crippen molar-refractivity contribution >= 4 is 23.0 Å². The van der Waals surface area contributed by atoms with Crippen molar-refractivity contribution in [3.05, 3.63) is 23.8 Å². The van der Waals surface area contributed by atoms with Gasteiger partial charge in [-0.1, -0.05) is 0 Å². The Bertz CT molecular complexity index is 384. The molecule has 17 heavy (non-hydrogen) atoms. The number of hydrogen-bond acceptors (Lipinski definition) is 3. The smallest absolute Gasteiger partial charge is 0.0847 e. The van der Waals surface area contributed by atoms with Crippen molar-refractivity contribution in [2.24, 2.45) is 0 Å². The van der Waals surface area contributed by atoms with E-state index in [1.807, 2.05) is 6.07 Å². The number of aliphatic hydroxyl groups is 1. The van der Waals surface area contributed by atoms with E-state index in [-0.39, 0.29) is 5.88 Å². The predicted octanol–water partition coefficient (Wildman–Crippen LogP) is 2.44. The molecule has 0 fully saturated rings. The molecule has 3 N–H and O–H groups in total. The molecule has 1 aromatic carbocycles. The van der Waals surface area contributed by atoms with Gasteiger partial charge in [0, 0.05) is 24.0 Å². The maximum Gasteiger partial charge on any atom is 0.0847 e. The first-order chi connectivity index (χ1) is 8.19. The molecule has 1 aliphatic rings. The standard InChI is InChI=1S/C13H19ClN2O/c1-9-2-3-10-6-11(4-5-13(10)16-9)15-8-12(17)7-14/h4-6,9,12,15-17H,2-3,7-8H2,1H3. The molecule has 2 atom stereocenters. The lowest BCUT2D eigenvalue weighted by Gasteiger charge is -2.24. The van der Waals surface area contributed by atoms with Gasteiger partial charge in [0.1, 0.15) is 0 Å². The van der Waals surface area contributed by atoms with Crippen molar-refractivity contribution < 1.29 is 5.11 Å². The van der Waals surface area contributed by atoms with Crippen LogP contribution in [0.1, 0.15) is 18.9 Å². The van der Waals surface area contributed by atoms with Crippen LogP contribution in [0.5, 0.6) is 0 Å². The van der Waals surface area contributed by atoms with Crippen LogP contribution in [-0.4, -0.2) is 29.7 Å². The zero-order valence-corrected chi connectivity index (χ0v) is 10.8. The van der Waals surface area contributed by atoms with Crippen LogP contribution in [0.25, 0.3) is 0 Å². The molecule has 1 aliphatic heterocycles. The quantitative estimate of drug-likeness (QED) is 0.724. The van der Waals surface area contributed by atoms with Gasteiger partial charge in [-0.15, -0.1) is 11.6 Å². The van der Waals surface area contributed by atoms with Gasteiger partial charge in [-0.3, -0.25) is 0 Å². The first-order valence-corrected chi connectivity index (χ1v) is 6.60. The lowest BCUT2D eigenvalue weighted by Crippen LogP contribution is -2.23. The minimum atomic E-state index is -0.495. The van der Waals surface area contributed by atoms with Crippen LogP contribution >= 0.6 is 11.6 Å². The zero-order valence-electron chi connectivity index (χ0n) is 10.0. The molecule has 0 radical (unpaired) electrons. The van der Waals surface area contributed by atoms with Gasteiger partial charge in [0.25, 0.3) is 0 Å². The van der Waals surface area contributed by atoms with Gasteiger partial charge < -0.3 is 15.7 Å². The number of aliphatic hydroxyl groups excluding tert-OH is 1. The van der Waals surface area contributed by atoms with E-state index in [1.54, 1.807) is 0 Å². The molecule has 1 aromatic rings. The van der Waals surface area contributed by atoms with Crippen molar-refractivity contribution in [1.29, 1.82) is 0 Å². The molecule has 4 heteroatoms. The Kier molecular flexibility index (Phi) is 4.13. The summed E-state index contributed by atoms with van der Waals surface area (Å²) in [6.45, 7) is 2.69. The van der Waals surface area contributed by atoms with E-state index < -0.39 is 6.10 Å². The fraction of sp³-hybridized carbons (Fsp3) is 0.538. The number of aryl methyl sites for hydroxylation is 1. The topological polar surface area (TPSA) is 44.3 Å². The van der Waals surface area contributed by atoms with E-state index in [4.69, 9.17) is 11.6 Å². The van der Waals surface area contributed by atoms with Crippen LogP contribution < -0.4 is 10.6 Å². The third-order valence-corrected chi connectivity index (χ3v) is 3.43. The SMILES string of the molecule is CC1CCc2cc(NCC(O)CCl)ccc2N1. The van der Waals surface area contributed by atoms with E-state index >= 15 is 0 Å². The van der Waals surface area contributed by atoms with Crippen molar-refractivity contribution in [3.8, 4) is 0 Å². The van der Waals surface area contributed by atoms with Crippen LogP contribution in [0.4, 0.5) is 11.4 Å². The van der Waals surface area contributed by atoms with Gasteiger partial charge in [0.2, 0.25) is 0 Å². The van der Waals surface area contributed by atoms with Crippen molar-refractivity contribution in [2.45, 2.75) is 31.9 Å². The van der Waals surface area contributed by atoms with Crippen molar-refractivity contribution in [1.82, 2.24) is 0 Å². The number of halogens is 1. The van der Waals surface area contributed by atoms with Crippen LogP contribution in [0, 0.1) is 0 Å². The molecule has 0 aromatic heterocycles. The van der Waals surface area contributed by atoms with Crippen molar-refractivity contribution in [3.63, 3.8) is 0 Å². The van der Waals surface area contributed by atoms with E-state index in [1.165, 1.54) is 17.7 Å². The molecule has 0 aliphatic carbocycles. The molecule has 0 saturated heterocycles. The number of alkyl halides is 1. The predicted molar refractivity (Wildman–Crippen MR) is 73.1 cm³/mol. The molecule has 0 amide bonds. The van der Waals surface area contributed by atoms with Gasteiger partial charge in [-0.2, -0.15) is 0 Å². The number of rotatable bonds is 4. The summed E-state index contributed by atoms with van der Waals surface area (Å²) in [5.74, 6) is 0.261. The molecule has 94 valence electrons. The number of hydrogen-bond donors (Lipinski definition) is 3. The zero-order chi connectivity index (χ0) is 12.3. The Balaban J connectivity index is 2.01. The maximum absolute atomic E-state index is 9.39. The first-order valence-electron chi connectivity index (χ1n) is 6.06. The average molecular weight is 255 g/mol. The number of benzene rings is 1. The summed E-state index contributed by atoms with van der Waals surface area (Å²) in [5, 5.41) is 16.0. The third kappa shape index (κ3) is 3.27. The van der Waals surface area contributed by atoms with Crippen LogP contribution in [-0.2, 0) is 6.42 Å². The average Bonchev–Trinajstić information content (AvgIpc) is 2.35. The van der Waals surface area contributed by atoms with Gasteiger partial charge in [0.05, 0.1) is 12.0 Å². The third-order valence-electron chi connectivity index (χ3n) is 3.07. The van der Waals surface area contributed by atoms with Crippen molar-refractivity contribution in [2.75, 3.05) is 23.1 Å². The highest BCUT2D eigenvalue weighted by atomic mass is 35.5. The highest BCUT2D eigenvalue weighted by molar-refractivity contribution is 6.18. The molecule has 2 rings (SSSR count). The summed E-state index contributed by atoms with van der Waals surface area (Å²) < 4.78 is 0. The highest BCUT2D eigenvalue weighted by Gasteiger charge is 2.14. The lowest BCUT2D eigenvalue weighted by molar-refractivity contribution is 0.211. The fourth-order valence-electron chi connectivity index (χ4n) is 2.05. The molecule has 1 heterocycles. The van der Waals surface area contributed by atoms with Gasteiger partial charge in [-0.25, -0.2) is 0 Å². The number of anilines is 2. The van der Waals surface area contributed by atoms with E-state index in [0.717, 1.165) is 12.1 Å². The minimum Gasteiger partial charge on any atom is -0.390 e. The number of nitrogens with one attached hydrogen (secondary N) is 2. The Hall–Kier alpha value is -0.930. The van der Waals surface area contributed by atoms with E-state index in [9.17, 15) is 5.11 Å². The Morgan fingerprint density at radius 3 is 3.18 bits per heavy atom. The van der Waals surface area contributed by atoms with Crippen LogP contribution in [0.2, 0.25) is 0 Å². The number of fused-ring (bicyclic) bond motifs is 1. The Morgan fingerprint density at radius 1 is 1.59 bits per heavy atom. The second kappa shape index (κ2) is 5.61. The first kappa shape index (κ1) is 12.5. The molecular formula is C13H19ClN2O. The Labute approximate surface area is 107 Å². The molecular weight excluding hydrogens is 236 g/mol. The Morgan fingerprint density at radius 2 is 2.41 bits per heavy atom. The van der Waals surface area contributed by atoms with E-state index in [2.05, 4.69) is 29.7 Å². The molecule has 0 spiro atoms. The summed E-state index contributed by atoms with van der Waals surface area (Å²) in [7, 11) is 0. The highest BCUT2D eigenvalue weighted by Crippen LogP contribution is 2.27. The summed E-state index contributed by atoms with van der Waals surface area (Å²) >= 11 is 5.55. The van der Waals surface area contributed by atoms with Gasteiger partial charge >= 0.3 is 0 Å². The summed E-state index contributed by atoms with van der Waals surface area (Å²) in [6, 6.07) is 6.83. The fourth-order valence-corrected chi connectivity index (χ4v) is 2.16. The molecule has 0 saturated carbocycles. The molecule has 3 nitrogen and oxygen atoms in total. The van der Waals surface area contributed by atoms with Crippen LogP contribution in [0.15, 0.2) is 18.2 Å².